The molecule has 1 N–H and O–H groups in total. The summed E-state index contributed by atoms with van der Waals surface area (Å²) in [6.45, 7) is 1.92. The highest BCUT2D eigenvalue weighted by Crippen LogP contribution is 2.22. The molecule has 0 heterocycles. The van der Waals surface area contributed by atoms with Gasteiger partial charge in [0.1, 0.15) is 16.8 Å². The van der Waals surface area contributed by atoms with Crippen LogP contribution in [-0.4, -0.2) is 8.42 Å². The molecule has 2 aromatic rings. The molecule has 0 atom stereocenters. The fourth-order valence-corrected chi connectivity index (χ4v) is 2.90. The van der Waals surface area contributed by atoms with E-state index in [0.717, 1.165) is 23.9 Å². The molecule has 6 heteroatoms. The average molecular weight is 316 g/mol. The molecule has 0 bridgehead atoms. The summed E-state index contributed by atoms with van der Waals surface area (Å²) < 4.78 is 38.2. The summed E-state index contributed by atoms with van der Waals surface area (Å²) in [7, 11) is -4.20. The summed E-state index contributed by atoms with van der Waals surface area (Å²) in [5.41, 5.74) is 1.68. The van der Waals surface area contributed by atoms with Crippen LogP contribution in [0.25, 0.3) is 0 Å². The van der Waals surface area contributed by atoms with Gasteiger partial charge in [0.05, 0.1) is 0 Å². The predicted octanol–water partition coefficient (Wildman–Crippen LogP) is 3.38. The fourth-order valence-electron chi connectivity index (χ4n) is 1.75. The highest BCUT2D eigenvalue weighted by Gasteiger charge is 2.24. The number of nitriles is 1. The maximum atomic E-state index is 13.7. The molecule has 0 amide bonds. The predicted molar refractivity (Wildman–Crippen MR) is 82.1 cm³/mol. The molecule has 0 radical (unpaired) electrons. The Balaban J connectivity index is 2.35. The first-order chi connectivity index (χ1) is 10.4. The zero-order valence-electron chi connectivity index (χ0n) is 11.7. The van der Waals surface area contributed by atoms with Crippen LogP contribution in [0.4, 0.5) is 10.1 Å². The SMILES string of the molecule is Cc1ccc(NC=C(C#N)S(=O)(=O)c2ccccc2F)cc1. The number of sulfone groups is 1. The van der Waals surface area contributed by atoms with Crippen LogP contribution in [0.1, 0.15) is 5.56 Å². The van der Waals surface area contributed by atoms with Crippen molar-refractivity contribution in [1.82, 2.24) is 0 Å². The lowest BCUT2D eigenvalue weighted by Crippen LogP contribution is -2.07. The van der Waals surface area contributed by atoms with Crippen molar-refractivity contribution >= 4 is 15.5 Å². The molecule has 2 rings (SSSR count). The third kappa shape index (κ3) is 3.32. The smallest absolute Gasteiger partial charge is 0.220 e. The normalized spacial score (nSPS) is 11.8. The van der Waals surface area contributed by atoms with Crippen molar-refractivity contribution in [3.05, 3.63) is 71.0 Å². The number of halogens is 1. The highest BCUT2D eigenvalue weighted by molar-refractivity contribution is 7.95. The summed E-state index contributed by atoms with van der Waals surface area (Å²) in [4.78, 5) is -1.08. The van der Waals surface area contributed by atoms with Crippen molar-refractivity contribution in [1.29, 1.82) is 5.26 Å². The maximum absolute atomic E-state index is 13.7. The average Bonchev–Trinajstić information content (AvgIpc) is 2.49. The molecule has 0 aliphatic heterocycles. The van der Waals surface area contributed by atoms with Gasteiger partial charge >= 0.3 is 0 Å². The molecule has 0 aliphatic rings. The third-order valence-corrected chi connectivity index (χ3v) is 4.65. The molecule has 0 fully saturated rings. The summed E-state index contributed by atoms with van der Waals surface area (Å²) >= 11 is 0. The van der Waals surface area contributed by atoms with E-state index in [1.165, 1.54) is 12.1 Å². The number of nitrogens with zero attached hydrogens (tertiary/aromatic N) is 1. The number of nitrogens with one attached hydrogen (secondary N) is 1. The summed E-state index contributed by atoms with van der Waals surface area (Å²) in [6, 6.07) is 13.7. The molecule has 0 saturated heterocycles. The van der Waals surface area contributed by atoms with Crippen molar-refractivity contribution in [2.24, 2.45) is 0 Å². The first kappa shape index (κ1) is 15.7. The van der Waals surface area contributed by atoms with E-state index in [-0.39, 0.29) is 0 Å². The molecule has 4 nitrogen and oxygen atoms in total. The van der Waals surface area contributed by atoms with Gasteiger partial charge in [-0.25, -0.2) is 12.8 Å². The van der Waals surface area contributed by atoms with Crippen LogP contribution in [0.3, 0.4) is 0 Å². The van der Waals surface area contributed by atoms with Gasteiger partial charge in [0.15, 0.2) is 4.91 Å². The topological polar surface area (TPSA) is 70.0 Å². The van der Waals surface area contributed by atoms with E-state index in [1.54, 1.807) is 18.2 Å². The number of benzene rings is 2. The number of hydrogen-bond acceptors (Lipinski definition) is 4. The number of aryl methyl sites for hydroxylation is 1. The molecule has 0 aliphatic carbocycles. The number of hydrogen-bond donors (Lipinski definition) is 1. The van der Waals surface area contributed by atoms with Crippen LogP contribution in [0.2, 0.25) is 0 Å². The lowest BCUT2D eigenvalue weighted by Gasteiger charge is -2.05. The molecule has 112 valence electrons. The van der Waals surface area contributed by atoms with Crippen LogP contribution in [0.5, 0.6) is 0 Å². The van der Waals surface area contributed by atoms with Crippen molar-refractivity contribution in [2.45, 2.75) is 11.8 Å². The quantitative estimate of drug-likeness (QED) is 0.878. The lowest BCUT2D eigenvalue weighted by atomic mass is 10.2. The molecule has 0 saturated carbocycles. The second-order valence-corrected chi connectivity index (χ2v) is 6.45. The second-order valence-electron chi connectivity index (χ2n) is 4.56. The minimum Gasteiger partial charge on any atom is -0.360 e. The maximum Gasteiger partial charge on any atom is 0.220 e. The van der Waals surface area contributed by atoms with Crippen LogP contribution in [-0.2, 0) is 9.84 Å². The van der Waals surface area contributed by atoms with Crippen LogP contribution < -0.4 is 5.32 Å². The van der Waals surface area contributed by atoms with E-state index < -0.39 is 25.5 Å². The highest BCUT2D eigenvalue weighted by atomic mass is 32.2. The van der Waals surface area contributed by atoms with Gasteiger partial charge < -0.3 is 5.32 Å². The minimum atomic E-state index is -4.20. The molecule has 0 aromatic heterocycles. The van der Waals surface area contributed by atoms with Gasteiger partial charge in [-0.2, -0.15) is 5.26 Å². The largest absolute Gasteiger partial charge is 0.360 e. The first-order valence-electron chi connectivity index (χ1n) is 6.38. The Labute approximate surface area is 128 Å². The monoisotopic (exact) mass is 316 g/mol. The van der Waals surface area contributed by atoms with Gasteiger partial charge in [0.25, 0.3) is 0 Å². The zero-order valence-corrected chi connectivity index (χ0v) is 12.6. The molecular formula is C16H13FN2O2S. The van der Waals surface area contributed by atoms with Gasteiger partial charge in [-0.15, -0.1) is 0 Å². The Bertz CT molecular complexity index is 850. The Hall–Kier alpha value is -2.65. The molecular weight excluding hydrogens is 303 g/mol. The fraction of sp³-hybridized carbons (Fsp3) is 0.0625. The number of rotatable bonds is 4. The van der Waals surface area contributed by atoms with Gasteiger partial charge in [-0.1, -0.05) is 29.8 Å². The van der Waals surface area contributed by atoms with Crippen LogP contribution in [0.15, 0.2) is 64.5 Å². The second kappa shape index (κ2) is 6.41. The van der Waals surface area contributed by atoms with Gasteiger partial charge in [-0.3, -0.25) is 0 Å². The standard InChI is InChI=1S/C16H13FN2O2S/c1-12-6-8-13(9-7-12)19-11-14(10-18)22(20,21)16-5-3-2-4-15(16)17/h2-9,11,19H,1H3. The van der Waals surface area contributed by atoms with Crippen molar-refractivity contribution in [3.8, 4) is 6.07 Å². The summed E-state index contributed by atoms with van der Waals surface area (Å²) in [6.07, 6.45) is 1.06. The van der Waals surface area contributed by atoms with E-state index in [0.29, 0.717) is 5.69 Å². The van der Waals surface area contributed by atoms with Crippen molar-refractivity contribution in [3.63, 3.8) is 0 Å². The summed E-state index contributed by atoms with van der Waals surface area (Å²) in [5.74, 6) is -0.890. The van der Waals surface area contributed by atoms with Gasteiger partial charge in [0.2, 0.25) is 9.84 Å². The summed E-state index contributed by atoms with van der Waals surface area (Å²) in [5, 5.41) is 11.8. The Morgan fingerprint density at radius 1 is 1.18 bits per heavy atom. The van der Waals surface area contributed by atoms with Crippen molar-refractivity contribution in [2.75, 3.05) is 5.32 Å². The zero-order chi connectivity index (χ0) is 16.2. The Morgan fingerprint density at radius 3 is 2.41 bits per heavy atom. The molecule has 0 unspecified atom stereocenters. The van der Waals surface area contributed by atoms with E-state index in [1.807, 2.05) is 19.1 Å². The van der Waals surface area contributed by atoms with E-state index >= 15 is 0 Å². The van der Waals surface area contributed by atoms with E-state index in [4.69, 9.17) is 5.26 Å². The van der Waals surface area contributed by atoms with Crippen LogP contribution in [0, 0.1) is 24.1 Å². The number of anilines is 1. The van der Waals surface area contributed by atoms with Gasteiger partial charge in [0, 0.05) is 11.9 Å². The van der Waals surface area contributed by atoms with E-state index in [2.05, 4.69) is 5.32 Å². The molecule has 0 spiro atoms. The molecule has 22 heavy (non-hydrogen) atoms. The molecule has 2 aromatic carbocycles. The Kier molecular flexibility index (Phi) is 4.59. The minimum absolute atomic E-state index is 0.520. The Morgan fingerprint density at radius 2 is 1.82 bits per heavy atom. The first-order valence-corrected chi connectivity index (χ1v) is 7.86. The van der Waals surface area contributed by atoms with Gasteiger partial charge in [-0.05, 0) is 31.2 Å². The third-order valence-electron chi connectivity index (χ3n) is 2.95. The van der Waals surface area contributed by atoms with Crippen LogP contribution >= 0.6 is 0 Å². The lowest BCUT2D eigenvalue weighted by molar-refractivity contribution is 0.571. The number of allylic oxidation sites excluding steroid dienone is 1. The van der Waals surface area contributed by atoms with E-state index in [9.17, 15) is 12.8 Å². The van der Waals surface area contributed by atoms with Crippen molar-refractivity contribution < 1.29 is 12.8 Å².